The third kappa shape index (κ3) is 3.14. The molecule has 0 saturated carbocycles. The van der Waals surface area contributed by atoms with Crippen molar-refractivity contribution in [1.29, 1.82) is 5.26 Å². The number of alkyl halides is 3. The monoisotopic (exact) mass is 316 g/mol. The van der Waals surface area contributed by atoms with Gasteiger partial charge in [-0.25, -0.2) is 0 Å². The van der Waals surface area contributed by atoms with E-state index in [1.807, 2.05) is 0 Å². The summed E-state index contributed by atoms with van der Waals surface area (Å²) >= 11 is 0. The Hall–Kier alpha value is -2.94. The van der Waals surface area contributed by atoms with Gasteiger partial charge in [0.05, 0.1) is 18.1 Å². The van der Waals surface area contributed by atoms with Gasteiger partial charge >= 0.3 is 6.18 Å². The molecule has 1 N–H and O–H groups in total. The molecule has 2 aromatic carbocycles. The van der Waals surface area contributed by atoms with Crippen LogP contribution in [-0.4, -0.2) is 4.98 Å². The van der Waals surface area contributed by atoms with Crippen LogP contribution in [0.25, 0.3) is 10.9 Å². The first-order chi connectivity index (χ1) is 11.0. The molecule has 1 heterocycles. The number of aromatic amines is 1. The van der Waals surface area contributed by atoms with Crippen molar-refractivity contribution in [1.82, 2.24) is 4.98 Å². The molecule has 3 aromatic rings. The number of hydrogen-bond acceptors (Lipinski definition) is 2. The normalized spacial score (nSPS) is 11.4. The second kappa shape index (κ2) is 5.69. The molecule has 0 saturated heterocycles. The Kier molecular flexibility index (Phi) is 3.70. The smallest absolute Gasteiger partial charge is 0.416 e. The van der Waals surface area contributed by atoms with Crippen LogP contribution in [0, 0.1) is 11.3 Å². The van der Waals surface area contributed by atoms with E-state index < -0.39 is 11.7 Å². The highest BCUT2D eigenvalue weighted by Crippen LogP contribution is 2.33. The Morgan fingerprint density at radius 3 is 2.61 bits per heavy atom. The lowest BCUT2D eigenvalue weighted by atomic mass is 10.1. The summed E-state index contributed by atoms with van der Waals surface area (Å²) in [4.78, 5) is 3.04. The van der Waals surface area contributed by atoms with Crippen molar-refractivity contribution in [3.63, 3.8) is 0 Å². The van der Waals surface area contributed by atoms with Gasteiger partial charge in [0.25, 0.3) is 0 Å². The fraction of sp³-hybridized carbons (Fsp3) is 0.118. The van der Waals surface area contributed by atoms with Crippen LogP contribution in [0.15, 0.2) is 48.7 Å². The summed E-state index contributed by atoms with van der Waals surface area (Å²) in [6.07, 6.45) is -2.43. The number of ether oxygens (including phenoxy) is 1. The van der Waals surface area contributed by atoms with E-state index in [1.165, 1.54) is 12.1 Å². The Morgan fingerprint density at radius 1 is 1.09 bits per heavy atom. The summed E-state index contributed by atoms with van der Waals surface area (Å²) in [5.41, 5.74) is 0.895. The number of hydrogen-bond donors (Lipinski definition) is 1. The van der Waals surface area contributed by atoms with Gasteiger partial charge in [-0.15, -0.1) is 0 Å². The van der Waals surface area contributed by atoms with Crippen LogP contribution in [0.1, 0.15) is 11.1 Å². The fourth-order valence-corrected chi connectivity index (χ4v) is 2.32. The largest absolute Gasteiger partial charge is 0.457 e. The van der Waals surface area contributed by atoms with Crippen LogP contribution in [0.5, 0.6) is 11.5 Å². The fourth-order valence-electron chi connectivity index (χ4n) is 2.32. The number of benzene rings is 2. The standard InChI is InChI=1S/C17H11F3N2O/c18-17(19,20)12-2-1-3-13(8-12)23-14-4-5-16-15(9-14)11(6-7-21)10-22-16/h1-5,8-10,22H,6H2. The lowest BCUT2D eigenvalue weighted by molar-refractivity contribution is -0.137. The molecule has 116 valence electrons. The molecule has 3 nitrogen and oxygen atoms in total. The van der Waals surface area contributed by atoms with Gasteiger partial charge in [0.2, 0.25) is 0 Å². The van der Waals surface area contributed by atoms with Crippen molar-refractivity contribution in [3.05, 3.63) is 59.8 Å². The molecule has 0 aliphatic heterocycles. The molecule has 6 heteroatoms. The minimum absolute atomic E-state index is 0.108. The van der Waals surface area contributed by atoms with Crippen LogP contribution in [0.4, 0.5) is 13.2 Å². The van der Waals surface area contributed by atoms with Gasteiger partial charge < -0.3 is 9.72 Å². The van der Waals surface area contributed by atoms with E-state index in [0.29, 0.717) is 5.75 Å². The molecule has 0 amide bonds. The van der Waals surface area contributed by atoms with Crippen LogP contribution in [0.2, 0.25) is 0 Å². The van der Waals surface area contributed by atoms with Crippen LogP contribution in [0.3, 0.4) is 0 Å². The third-order valence-electron chi connectivity index (χ3n) is 3.41. The minimum atomic E-state index is -4.41. The maximum absolute atomic E-state index is 12.7. The molecule has 0 fully saturated rings. The van der Waals surface area contributed by atoms with Gasteiger partial charge in [0, 0.05) is 17.1 Å². The molecular weight excluding hydrogens is 305 g/mol. The van der Waals surface area contributed by atoms with Crippen LogP contribution in [-0.2, 0) is 12.6 Å². The molecule has 23 heavy (non-hydrogen) atoms. The number of halogens is 3. The summed E-state index contributed by atoms with van der Waals surface area (Å²) in [6, 6.07) is 11.9. The molecule has 0 radical (unpaired) electrons. The molecule has 0 aliphatic carbocycles. The predicted octanol–water partition coefficient (Wildman–Crippen LogP) is 5.05. The van der Waals surface area contributed by atoms with Crippen molar-refractivity contribution in [2.24, 2.45) is 0 Å². The minimum Gasteiger partial charge on any atom is -0.457 e. The first-order valence-corrected chi connectivity index (χ1v) is 6.79. The summed E-state index contributed by atoms with van der Waals surface area (Å²) in [7, 11) is 0. The summed E-state index contributed by atoms with van der Waals surface area (Å²) in [5.74, 6) is 0.521. The van der Waals surface area contributed by atoms with E-state index in [2.05, 4.69) is 11.1 Å². The number of nitriles is 1. The quantitative estimate of drug-likeness (QED) is 0.735. The Labute approximate surface area is 129 Å². The Morgan fingerprint density at radius 2 is 1.87 bits per heavy atom. The number of H-pyrrole nitrogens is 1. The summed E-state index contributed by atoms with van der Waals surface area (Å²) < 4.78 is 43.7. The van der Waals surface area contributed by atoms with E-state index in [1.54, 1.807) is 24.4 Å². The van der Waals surface area contributed by atoms with Crippen molar-refractivity contribution in [2.45, 2.75) is 12.6 Å². The Bertz CT molecular complexity index is 891. The average molecular weight is 316 g/mol. The van der Waals surface area contributed by atoms with Gasteiger partial charge in [0.15, 0.2) is 0 Å². The van der Waals surface area contributed by atoms with E-state index in [0.717, 1.165) is 28.6 Å². The molecule has 1 aromatic heterocycles. The third-order valence-corrected chi connectivity index (χ3v) is 3.41. The highest BCUT2D eigenvalue weighted by atomic mass is 19.4. The second-order valence-electron chi connectivity index (χ2n) is 4.98. The van der Waals surface area contributed by atoms with E-state index >= 15 is 0 Å². The topological polar surface area (TPSA) is 48.8 Å². The van der Waals surface area contributed by atoms with E-state index in [9.17, 15) is 13.2 Å². The SMILES string of the molecule is N#CCc1c[nH]c2ccc(Oc3cccc(C(F)(F)F)c3)cc12. The molecule has 0 aliphatic rings. The molecular formula is C17H11F3N2O. The van der Waals surface area contributed by atoms with Gasteiger partial charge in [-0.05, 0) is 42.0 Å². The number of nitrogens with one attached hydrogen (secondary N) is 1. The van der Waals surface area contributed by atoms with Crippen molar-refractivity contribution < 1.29 is 17.9 Å². The summed E-state index contributed by atoms with van der Waals surface area (Å²) in [5, 5.41) is 9.62. The zero-order chi connectivity index (χ0) is 16.4. The first-order valence-electron chi connectivity index (χ1n) is 6.79. The van der Waals surface area contributed by atoms with Gasteiger partial charge in [-0.3, -0.25) is 0 Å². The molecule has 0 unspecified atom stereocenters. The maximum atomic E-state index is 12.7. The van der Waals surface area contributed by atoms with Gasteiger partial charge in [0.1, 0.15) is 11.5 Å². The molecule has 3 rings (SSSR count). The average Bonchev–Trinajstić information content (AvgIpc) is 2.90. The van der Waals surface area contributed by atoms with Gasteiger partial charge in [-0.1, -0.05) is 6.07 Å². The van der Waals surface area contributed by atoms with Crippen molar-refractivity contribution in [2.75, 3.05) is 0 Å². The van der Waals surface area contributed by atoms with E-state index in [-0.39, 0.29) is 12.2 Å². The second-order valence-corrected chi connectivity index (χ2v) is 4.98. The van der Waals surface area contributed by atoms with Crippen LogP contribution < -0.4 is 4.74 Å². The zero-order valence-electron chi connectivity index (χ0n) is 11.8. The first kappa shape index (κ1) is 15.0. The lowest BCUT2D eigenvalue weighted by Gasteiger charge is -2.10. The highest BCUT2D eigenvalue weighted by Gasteiger charge is 2.30. The number of fused-ring (bicyclic) bond motifs is 1. The summed E-state index contributed by atoms with van der Waals surface area (Å²) in [6.45, 7) is 0. The zero-order valence-corrected chi connectivity index (χ0v) is 11.8. The van der Waals surface area contributed by atoms with E-state index in [4.69, 9.17) is 10.00 Å². The van der Waals surface area contributed by atoms with Crippen molar-refractivity contribution in [3.8, 4) is 17.6 Å². The highest BCUT2D eigenvalue weighted by molar-refractivity contribution is 5.85. The van der Waals surface area contributed by atoms with Crippen LogP contribution >= 0.6 is 0 Å². The number of aromatic nitrogens is 1. The molecule has 0 atom stereocenters. The van der Waals surface area contributed by atoms with Gasteiger partial charge in [-0.2, -0.15) is 18.4 Å². The lowest BCUT2D eigenvalue weighted by Crippen LogP contribution is -2.04. The molecule has 0 spiro atoms. The Balaban J connectivity index is 1.93. The maximum Gasteiger partial charge on any atom is 0.416 e. The predicted molar refractivity (Wildman–Crippen MR) is 79.1 cm³/mol. The molecule has 0 bridgehead atoms. The number of rotatable bonds is 3. The number of nitrogens with zero attached hydrogens (tertiary/aromatic N) is 1. The van der Waals surface area contributed by atoms with Crippen molar-refractivity contribution >= 4 is 10.9 Å².